The number of rotatable bonds is 6. The van der Waals surface area contributed by atoms with Crippen LogP contribution in [0, 0.1) is 0 Å². The zero-order valence-electron chi connectivity index (χ0n) is 13.9. The lowest BCUT2D eigenvalue weighted by atomic mass is 10.3. The Balaban J connectivity index is 1.52. The van der Waals surface area contributed by atoms with E-state index in [-0.39, 0.29) is 13.0 Å². The van der Waals surface area contributed by atoms with Crippen LogP contribution < -0.4 is 11.1 Å². The summed E-state index contributed by atoms with van der Waals surface area (Å²) in [6.07, 6.45) is -0.0887. The molecule has 0 saturated heterocycles. The van der Waals surface area contributed by atoms with Crippen LogP contribution in [0.2, 0.25) is 10.0 Å². The van der Waals surface area contributed by atoms with E-state index in [4.69, 9.17) is 32.4 Å². The van der Waals surface area contributed by atoms with Gasteiger partial charge in [0.1, 0.15) is 0 Å². The summed E-state index contributed by atoms with van der Waals surface area (Å²) in [5, 5.41) is 3.22. The van der Waals surface area contributed by atoms with Gasteiger partial charge in [-0.25, -0.2) is 4.79 Å². The van der Waals surface area contributed by atoms with Gasteiger partial charge in [-0.1, -0.05) is 35.3 Å². The summed E-state index contributed by atoms with van der Waals surface area (Å²) in [5.74, 6) is -1.74. The average Bonchev–Trinajstić information content (AvgIpc) is 2.96. The third-order valence-electron chi connectivity index (χ3n) is 3.68. The van der Waals surface area contributed by atoms with Gasteiger partial charge in [-0.15, -0.1) is 0 Å². The fourth-order valence-corrected chi connectivity index (χ4v) is 2.76. The highest BCUT2D eigenvalue weighted by molar-refractivity contribution is 6.35. The molecule has 1 heterocycles. The number of hydrogen-bond donors (Lipinski definition) is 1. The van der Waals surface area contributed by atoms with Crippen molar-refractivity contribution in [3.63, 3.8) is 0 Å². The van der Waals surface area contributed by atoms with Crippen molar-refractivity contribution in [2.24, 2.45) is 0 Å². The van der Waals surface area contributed by atoms with Gasteiger partial charge in [-0.2, -0.15) is 0 Å². The lowest BCUT2D eigenvalue weighted by Gasteiger charge is -2.08. The van der Waals surface area contributed by atoms with Crippen LogP contribution in [0.3, 0.4) is 0 Å². The van der Waals surface area contributed by atoms with Crippen LogP contribution in [-0.4, -0.2) is 23.1 Å². The van der Waals surface area contributed by atoms with E-state index in [0.29, 0.717) is 26.8 Å². The molecule has 9 heteroatoms. The topological polar surface area (TPSA) is 90.5 Å². The van der Waals surface area contributed by atoms with Crippen molar-refractivity contribution in [2.45, 2.75) is 13.0 Å². The molecule has 0 fully saturated rings. The molecule has 1 aromatic heterocycles. The zero-order chi connectivity index (χ0) is 19.4. The number of nitrogens with one attached hydrogen (secondary N) is 1. The van der Waals surface area contributed by atoms with E-state index < -0.39 is 24.2 Å². The molecule has 0 atom stereocenters. The summed E-state index contributed by atoms with van der Waals surface area (Å²) >= 11 is 11.8. The zero-order valence-corrected chi connectivity index (χ0v) is 15.4. The second-order valence-electron chi connectivity index (χ2n) is 5.57. The van der Waals surface area contributed by atoms with Gasteiger partial charge in [0.05, 0.1) is 22.6 Å². The fourth-order valence-electron chi connectivity index (χ4n) is 2.43. The summed E-state index contributed by atoms with van der Waals surface area (Å²) in [6, 6.07) is 11.5. The smallest absolute Gasteiger partial charge is 0.419 e. The molecule has 0 aliphatic heterocycles. The number of carbonyl (C=O) groups excluding carboxylic acids is 2. The standard InChI is InChI=1S/C18H14Cl2N2O5/c19-11-5-6-12(20)13(9-11)21-16(23)10-26-17(24)7-8-22-14-3-1-2-4-15(14)27-18(22)25/h1-6,9H,7-8,10H2,(H,21,23). The number of anilines is 1. The Morgan fingerprint density at radius 1 is 1.15 bits per heavy atom. The minimum absolute atomic E-state index is 0.0798. The molecule has 0 saturated carbocycles. The summed E-state index contributed by atoms with van der Waals surface area (Å²) in [6.45, 7) is -0.404. The minimum Gasteiger partial charge on any atom is -0.456 e. The Hall–Kier alpha value is -2.77. The van der Waals surface area contributed by atoms with E-state index in [0.717, 1.165) is 0 Å². The molecular formula is C18H14Cl2N2O5. The Kier molecular flexibility index (Phi) is 5.83. The Labute approximate surface area is 163 Å². The van der Waals surface area contributed by atoms with Crippen molar-refractivity contribution in [3.8, 4) is 0 Å². The van der Waals surface area contributed by atoms with Crippen LogP contribution in [0.25, 0.3) is 11.1 Å². The second kappa shape index (κ2) is 8.28. The number of hydrogen-bond acceptors (Lipinski definition) is 5. The second-order valence-corrected chi connectivity index (χ2v) is 6.41. The number of benzene rings is 2. The number of aromatic nitrogens is 1. The molecule has 140 valence electrons. The first-order valence-corrected chi connectivity index (χ1v) is 8.68. The van der Waals surface area contributed by atoms with E-state index in [1.54, 1.807) is 36.4 Å². The van der Waals surface area contributed by atoms with Crippen LogP contribution in [-0.2, 0) is 20.9 Å². The number of halogens is 2. The first-order chi connectivity index (χ1) is 12.9. The van der Waals surface area contributed by atoms with Crippen molar-refractivity contribution in [1.29, 1.82) is 0 Å². The van der Waals surface area contributed by atoms with Gasteiger partial charge in [0, 0.05) is 11.6 Å². The van der Waals surface area contributed by atoms with E-state index in [2.05, 4.69) is 5.32 Å². The molecule has 1 N–H and O–H groups in total. The van der Waals surface area contributed by atoms with Crippen LogP contribution in [0.5, 0.6) is 0 Å². The lowest BCUT2D eigenvalue weighted by molar-refractivity contribution is -0.147. The van der Waals surface area contributed by atoms with Crippen molar-refractivity contribution in [1.82, 2.24) is 4.57 Å². The van der Waals surface area contributed by atoms with Crippen molar-refractivity contribution < 1.29 is 18.7 Å². The molecule has 0 spiro atoms. The molecule has 0 radical (unpaired) electrons. The molecule has 0 aliphatic rings. The largest absolute Gasteiger partial charge is 0.456 e. The number of nitrogens with zero attached hydrogens (tertiary/aromatic N) is 1. The Morgan fingerprint density at radius 2 is 1.93 bits per heavy atom. The van der Waals surface area contributed by atoms with E-state index in [9.17, 15) is 14.4 Å². The predicted molar refractivity (Wildman–Crippen MR) is 101 cm³/mol. The average molecular weight is 409 g/mol. The van der Waals surface area contributed by atoms with Crippen LogP contribution in [0.1, 0.15) is 6.42 Å². The summed E-state index contributed by atoms with van der Waals surface area (Å²) < 4.78 is 11.3. The van der Waals surface area contributed by atoms with Gasteiger partial charge >= 0.3 is 11.7 Å². The molecule has 3 aromatic rings. The third-order valence-corrected chi connectivity index (χ3v) is 4.24. The molecule has 7 nitrogen and oxygen atoms in total. The third kappa shape index (κ3) is 4.69. The number of fused-ring (bicyclic) bond motifs is 1. The first-order valence-electron chi connectivity index (χ1n) is 7.93. The van der Waals surface area contributed by atoms with Crippen molar-refractivity contribution in [2.75, 3.05) is 11.9 Å². The number of esters is 1. The van der Waals surface area contributed by atoms with Gasteiger partial charge in [-0.05, 0) is 30.3 Å². The van der Waals surface area contributed by atoms with Crippen LogP contribution in [0.4, 0.5) is 5.69 Å². The minimum atomic E-state index is -0.625. The monoisotopic (exact) mass is 408 g/mol. The molecular weight excluding hydrogens is 395 g/mol. The van der Waals surface area contributed by atoms with Crippen LogP contribution >= 0.6 is 23.2 Å². The normalized spacial score (nSPS) is 10.7. The van der Waals surface area contributed by atoms with Gasteiger partial charge in [0.25, 0.3) is 5.91 Å². The summed E-state index contributed by atoms with van der Waals surface area (Å²) in [7, 11) is 0. The first kappa shape index (κ1) is 19.0. The van der Waals surface area contributed by atoms with Gasteiger partial charge < -0.3 is 14.5 Å². The highest BCUT2D eigenvalue weighted by Gasteiger charge is 2.13. The predicted octanol–water partition coefficient (Wildman–Crippen LogP) is 3.47. The SMILES string of the molecule is O=C(COC(=O)CCn1c(=O)oc2ccccc21)Nc1cc(Cl)ccc1Cl. The van der Waals surface area contributed by atoms with Gasteiger partial charge in [-0.3, -0.25) is 14.2 Å². The Morgan fingerprint density at radius 3 is 2.74 bits per heavy atom. The molecule has 0 aliphatic carbocycles. The molecule has 1 amide bonds. The summed E-state index contributed by atoms with van der Waals surface area (Å²) in [4.78, 5) is 35.6. The number of ether oxygens (including phenoxy) is 1. The number of carbonyl (C=O) groups is 2. The lowest BCUT2D eigenvalue weighted by Crippen LogP contribution is -2.22. The van der Waals surface area contributed by atoms with Gasteiger partial charge in [0.2, 0.25) is 0 Å². The van der Waals surface area contributed by atoms with E-state index >= 15 is 0 Å². The molecule has 0 unspecified atom stereocenters. The fraction of sp³-hybridized carbons (Fsp3) is 0.167. The number of para-hydroxylation sites is 2. The maximum absolute atomic E-state index is 11.9. The molecule has 0 bridgehead atoms. The molecule has 27 heavy (non-hydrogen) atoms. The molecule has 3 rings (SSSR count). The van der Waals surface area contributed by atoms with E-state index in [1.165, 1.54) is 10.6 Å². The van der Waals surface area contributed by atoms with Crippen molar-refractivity contribution >= 4 is 51.9 Å². The van der Waals surface area contributed by atoms with Crippen LogP contribution in [0.15, 0.2) is 51.7 Å². The maximum Gasteiger partial charge on any atom is 0.419 e. The van der Waals surface area contributed by atoms with Gasteiger partial charge in [0.15, 0.2) is 12.2 Å². The highest BCUT2D eigenvalue weighted by Crippen LogP contribution is 2.25. The quantitative estimate of drug-likeness (QED) is 0.630. The Bertz CT molecular complexity index is 1060. The summed E-state index contributed by atoms with van der Waals surface area (Å²) in [5.41, 5.74) is 1.35. The number of oxazole rings is 1. The molecule has 2 aromatic carbocycles. The number of amides is 1. The number of aryl methyl sites for hydroxylation is 1. The van der Waals surface area contributed by atoms with Crippen molar-refractivity contribution in [3.05, 3.63) is 63.1 Å². The maximum atomic E-state index is 11.9. The highest BCUT2D eigenvalue weighted by atomic mass is 35.5. The van der Waals surface area contributed by atoms with E-state index in [1.807, 2.05) is 0 Å².